The Morgan fingerprint density at radius 3 is 2.29 bits per heavy atom. The maximum atomic E-state index is 12.1. The minimum atomic E-state index is -0.282. The van der Waals surface area contributed by atoms with Gasteiger partial charge in [-0.05, 0) is 42.5 Å². The molecular formula is C15H14Cl2N2O2. The molecule has 2 aromatic rings. The van der Waals surface area contributed by atoms with E-state index in [1.54, 1.807) is 42.5 Å². The lowest BCUT2D eigenvalue weighted by Gasteiger charge is -2.08. The van der Waals surface area contributed by atoms with Crippen LogP contribution in [0.1, 0.15) is 10.4 Å². The van der Waals surface area contributed by atoms with Crippen LogP contribution >= 0.6 is 23.2 Å². The molecule has 0 aromatic heterocycles. The van der Waals surface area contributed by atoms with Crippen molar-refractivity contribution in [1.82, 2.24) is 0 Å². The number of carbonyl (C=O) groups excluding carboxylic acids is 1. The minimum absolute atomic E-state index is 0.282. The zero-order valence-electron chi connectivity index (χ0n) is 11.1. The standard InChI is InChI=1S/C15H14Cl2N2O2/c16-11-7-10(8-12(17)9-11)15(20)19-13-1-3-14(4-2-13)21-6-5-18/h1-4,7-9H,5-6,18H2,(H,19,20). The Morgan fingerprint density at radius 1 is 1.10 bits per heavy atom. The van der Waals surface area contributed by atoms with Gasteiger partial charge in [-0.3, -0.25) is 4.79 Å². The number of nitrogens with one attached hydrogen (secondary N) is 1. The summed E-state index contributed by atoms with van der Waals surface area (Å²) in [6.07, 6.45) is 0. The van der Waals surface area contributed by atoms with Gasteiger partial charge < -0.3 is 15.8 Å². The van der Waals surface area contributed by atoms with Gasteiger partial charge >= 0.3 is 0 Å². The third kappa shape index (κ3) is 4.63. The summed E-state index contributed by atoms with van der Waals surface area (Å²) < 4.78 is 5.36. The van der Waals surface area contributed by atoms with Crippen LogP contribution in [0.15, 0.2) is 42.5 Å². The number of ether oxygens (including phenoxy) is 1. The number of hydrogen-bond acceptors (Lipinski definition) is 3. The van der Waals surface area contributed by atoms with E-state index < -0.39 is 0 Å². The first-order valence-electron chi connectivity index (χ1n) is 6.29. The lowest BCUT2D eigenvalue weighted by atomic mass is 10.2. The molecule has 0 saturated carbocycles. The van der Waals surface area contributed by atoms with E-state index in [-0.39, 0.29) is 5.91 Å². The van der Waals surface area contributed by atoms with Crippen LogP contribution in [0.5, 0.6) is 5.75 Å². The number of halogens is 2. The van der Waals surface area contributed by atoms with E-state index in [9.17, 15) is 4.79 Å². The average Bonchev–Trinajstić information content (AvgIpc) is 2.45. The van der Waals surface area contributed by atoms with Crippen molar-refractivity contribution in [1.29, 1.82) is 0 Å². The van der Waals surface area contributed by atoms with Gasteiger partial charge in [0.1, 0.15) is 12.4 Å². The normalized spacial score (nSPS) is 10.2. The fraction of sp³-hybridized carbons (Fsp3) is 0.133. The molecule has 3 N–H and O–H groups in total. The van der Waals surface area contributed by atoms with E-state index in [4.69, 9.17) is 33.7 Å². The van der Waals surface area contributed by atoms with Crippen molar-refractivity contribution in [3.05, 3.63) is 58.1 Å². The Balaban J connectivity index is 2.05. The smallest absolute Gasteiger partial charge is 0.255 e. The molecule has 0 aliphatic heterocycles. The summed E-state index contributed by atoms with van der Waals surface area (Å²) in [5.41, 5.74) is 6.41. The largest absolute Gasteiger partial charge is 0.492 e. The van der Waals surface area contributed by atoms with Gasteiger partial charge in [-0.15, -0.1) is 0 Å². The van der Waals surface area contributed by atoms with Crippen molar-refractivity contribution in [3.8, 4) is 5.75 Å². The SMILES string of the molecule is NCCOc1ccc(NC(=O)c2cc(Cl)cc(Cl)c2)cc1. The quantitative estimate of drug-likeness (QED) is 0.883. The molecule has 2 aromatic carbocycles. The van der Waals surface area contributed by atoms with Crippen LogP contribution in [0.3, 0.4) is 0 Å². The molecule has 0 fully saturated rings. The summed E-state index contributed by atoms with van der Waals surface area (Å²) in [6, 6.07) is 11.7. The summed E-state index contributed by atoms with van der Waals surface area (Å²) in [4.78, 5) is 12.1. The van der Waals surface area contributed by atoms with Crippen molar-refractivity contribution in [2.75, 3.05) is 18.5 Å². The second-order valence-corrected chi connectivity index (χ2v) is 5.15. The fourth-order valence-electron chi connectivity index (χ4n) is 1.70. The monoisotopic (exact) mass is 324 g/mol. The molecule has 0 bridgehead atoms. The highest BCUT2D eigenvalue weighted by Gasteiger charge is 2.08. The Kier molecular flexibility index (Phi) is 5.44. The van der Waals surface area contributed by atoms with Crippen molar-refractivity contribution < 1.29 is 9.53 Å². The number of hydrogen-bond donors (Lipinski definition) is 2. The number of amides is 1. The third-order valence-electron chi connectivity index (χ3n) is 2.62. The van der Waals surface area contributed by atoms with Crippen molar-refractivity contribution in [2.24, 2.45) is 5.73 Å². The Labute approximate surface area is 132 Å². The molecule has 110 valence electrons. The second-order valence-electron chi connectivity index (χ2n) is 4.27. The van der Waals surface area contributed by atoms with E-state index in [1.165, 1.54) is 0 Å². The second kappa shape index (κ2) is 7.31. The topological polar surface area (TPSA) is 64.3 Å². The van der Waals surface area contributed by atoms with Gasteiger partial charge in [0.25, 0.3) is 5.91 Å². The van der Waals surface area contributed by atoms with Gasteiger partial charge in [-0.25, -0.2) is 0 Å². The zero-order valence-corrected chi connectivity index (χ0v) is 12.6. The molecule has 21 heavy (non-hydrogen) atoms. The molecule has 2 rings (SSSR count). The van der Waals surface area contributed by atoms with Gasteiger partial charge in [0, 0.05) is 27.8 Å². The van der Waals surface area contributed by atoms with E-state index in [2.05, 4.69) is 5.32 Å². The first-order chi connectivity index (χ1) is 10.1. The van der Waals surface area contributed by atoms with Crippen LogP contribution in [0.4, 0.5) is 5.69 Å². The number of nitrogens with two attached hydrogens (primary N) is 1. The molecule has 0 spiro atoms. The van der Waals surface area contributed by atoms with Gasteiger partial charge in [0.2, 0.25) is 0 Å². The predicted octanol–water partition coefficient (Wildman–Crippen LogP) is 3.58. The Hall–Kier alpha value is -1.75. The number of benzene rings is 2. The number of rotatable bonds is 5. The highest BCUT2D eigenvalue weighted by molar-refractivity contribution is 6.35. The molecule has 4 nitrogen and oxygen atoms in total. The molecule has 0 unspecified atom stereocenters. The van der Waals surface area contributed by atoms with Crippen LogP contribution < -0.4 is 15.8 Å². The highest BCUT2D eigenvalue weighted by atomic mass is 35.5. The van der Waals surface area contributed by atoms with Crippen LogP contribution in [-0.4, -0.2) is 19.1 Å². The molecular weight excluding hydrogens is 311 g/mol. The van der Waals surface area contributed by atoms with Crippen LogP contribution in [-0.2, 0) is 0 Å². The maximum absolute atomic E-state index is 12.1. The molecule has 1 amide bonds. The molecule has 0 atom stereocenters. The Bertz CT molecular complexity index is 610. The summed E-state index contributed by atoms with van der Waals surface area (Å²) >= 11 is 11.8. The molecule has 0 saturated heterocycles. The van der Waals surface area contributed by atoms with Crippen LogP contribution in [0.25, 0.3) is 0 Å². The fourth-order valence-corrected chi connectivity index (χ4v) is 2.23. The number of carbonyl (C=O) groups is 1. The van der Waals surface area contributed by atoms with E-state index in [0.717, 1.165) is 0 Å². The van der Waals surface area contributed by atoms with Gasteiger partial charge in [0.15, 0.2) is 0 Å². The van der Waals surface area contributed by atoms with Crippen molar-refractivity contribution in [3.63, 3.8) is 0 Å². The molecule has 6 heteroatoms. The molecule has 0 aliphatic rings. The Morgan fingerprint density at radius 2 is 1.71 bits per heavy atom. The van der Waals surface area contributed by atoms with E-state index in [0.29, 0.717) is 40.2 Å². The first kappa shape index (κ1) is 15.6. The summed E-state index contributed by atoms with van der Waals surface area (Å²) in [6.45, 7) is 0.904. The van der Waals surface area contributed by atoms with Crippen LogP contribution in [0, 0.1) is 0 Å². The first-order valence-corrected chi connectivity index (χ1v) is 7.04. The summed E-state index contributed by atoms with van der Waals surface area (Å²) in [5, 5.41) is 3.59. The summed E-state index contributed by atoms with van der Waals surface area (Å²) in [5.74, 6) is 0.416. The summed E-state index contributed by atoms with van der Waals surface area (Å²) in [7, 11) is 0. The molecule has 0 heterocycles. The van der Waals surface area contributed by atoms with Gasteiger partial charge in [-0.1, -0.05) is 23.2 Å². The van der Waals surface area contributed by atoms with Crippen molar-refractivity contribution in [2.45, 2.75) is 0 Å². The highest BCUT2D eigenvalue weighted by Crippen LogP contribution is 2.21. The van der Waals surface area contributed by atoms with E-state index >= 15 is 0 Å². The number of anilines is 1. The van der Waals surface area contributed by atoms with Crippen LogP contribution in [0.2, 0.25) is 10.0 Å². The third-order valence-corrected chi connectivity index (χ3v) is 3.06. The zero-order chi connectivity index (χ0) is 15.2. The lowest BCUT2D eigenvalue weighted by molar-refractivity contribution is 0.102. The van der Waals surface area contributed by atoms with Crippen molar-refractivity contribution >= 4 is 34.8 Å². The maximum Gasteiger partial charge on any atom is 0.255 e. The predicted molar refractivity (Wildman–Crippen MR) is 85.4 cm³/mol. The minimum Gasteiger partial charge on any atom is -0.492 e. The van der Waals surface area contributed by atoms with Gasteiger partial charge in [-0.2, -0.15) is 0 Å². The molecule has 0 radical (unpaired) electrons. The molecule has 0 aliphatic carbocycles. The van der Waals surface area contributed by atoms with Gasteiger partial charge in [0.05, 0.1) is 0 Å². The lowest BCUT2D eigenvalue weighted by Crippen LogP contribution is -2.12. The van der Waals surface area contributed by atoms with E-state index in [1.807, 2.05) is 0 Å². The average molecular weight is 325 g/mol.